The van der Waals surface area contributed by atoms with Crippen LogP contribution in [-0.2, 0) is 0 Å². The summed E-state index contributed by atoms with van der Waals surface area (Å²) in [5.74, 6) is -1.71. The van der Waals surface area contributed by atoms with Crippen molar-refractivity contribution in [2.45, 2.75) is 12.5 Å². The molecule has 0 aliphatic carbocycles. The van der Waals surface area contributed by atoms with Gasteiger partial charge >= 0.3 is 6.01 Å². The zero-order valence-electron chi connectivity index (χ0n) is 11.9. The van der Waals surface area contributed by atoms with Gasteiger partial charge in [0.25, 0.3) is 5.91 Å². The third-order valence-electron chi connectivity index (χ3n) is 3.48. The third-order valence-corrected chi connectivity index (χ3v) is 3.79. The number of hydrogen-bond acceptors (Lipinski definition) is 4. The van der Waals surface area contributed by atoms with Crippen LogP contribution in [0.4, 0.5) is 8.78 Å². The number of likely N-dealkylation sites (tertiary alicyclic amines) is 1. The van der Waals surface area contributed by atoms with E-state index < -0.39 is 17.5 Å². The van der Waals surface area contributed by atoms with E-state index in [-0.39, 0.29) is 29.2 Å². The Morgan fingerprint density at radius 1 is 1.30 bits per heavy atom. The molecule has 3 rings (SSSR count). The molecule has 2 aromatic rings. The molecule has 23 heavy (non-hydrogen) atoms. The smallest absolute Gasteiger partial charge is 0.316 e. The highest BCUT2D eigenvalue weighted by atomic mass is 35.5. The highest BCUT2D eigenvalue weighted by Crippen LogP contribution is 2.23. The van der Waals surface area contributed by atoms with Crippen LogP contribution in [-0.4, -0.2) is 40.0 Å². The first-order valence-corrected chi connectivity index (χ1v) is 7.30. The molecular weight excluding hydrogens is 328 g/mol. The highest BCUT2D eigenvalue weighted by molar-refractivity contribution is 6.33. The van der Waals surface area contributed by atoms with Crippen LogP contribution in [0.5, 0.6) is 6.01 Å². The van der Waals surface area contributed by atoms with Crippen LogP contribution in [0.3, 0.4) is 0 Å². The number of rotatable bonds is 3. The minimum Gasteiger partial charge on any atom is -0.458 e. The van der Waals surface area contributed by atoms with Gasteiger partial charge < -0.3 is 9.64 Å². The van der Waals surface area contributed by atoms with Crippen molar-refractivity contribution in [2.24, 2.45) is 0 Å². The standard InChI is InChI=1S/C15H12ClF2N3O2/c16-11-2-1-3-12(18)13(11)14(22)21-5-4-10(8-21)23-15-19-6-9(17)7-20-15/h1-3,6-7,10H,4-5,8H2/t10-/m0/s1. The number of benzene rings is 1. The van der Waals surface area contributed by atoms with Crippen LogP contribution in [0.2, 0.25) is 5.02 Å². The molecule has 5 nitrogen and oxygen atoms in total. The molecule has 1 aromatic carbocycles. The van der Waals surface area contributed by atoms with Crippen molar-refractivity contribution in [3.05, 3.63) is 52.8 Å². The molecule has 8 heteroatoms. The normalized spacial score (nSPS) is 17.3. The minimum absolute atomic E-state index is 0.0367. The summed E-state index contributed by atoms with van der Waals surface area (Å²) in [5.41, 5.74) is -0.146. The minimum atomic E-state index is -0.659. The average Bonchev–Trinajstić information content (AvgIpc) is 2.98. The molecule has 0 unspecified atom stereocenters. The van der Waals surface area contributed by atoms with Gasteiger partial charge in [0, 0.05) is 13.0 Å². The van der Waals surface area contributed by atoms with Crippen molar-refractivity contribution in [1.29, 1.82) is 0 Å². The van der Waals surface area contributed by atoms with E-state index in [4.69, 9.17) is 16.3 Å². The Hall–Kier alpha value is -2.28. The maximum atomic E-state index is 13.8. The number of halogens is 3. The number of hydrogen-bond donors (Lipinski definition) is 0. The third kappa shape index (κ3) is 3.39. The van der Waals surface area contributed by atoms with E-state index >= 15 is 0 Å². The van der Waals surface area contributed by atoms with Gasteiger partial charge in [0.05, 0.1) is 29.5 Å². The van der Waals surface area contributed by atoms with Gasteiger partial charge in [-0.2, -0.15) is 0 Å². The average molecular weight is 340 g/mol. The van der Waals surface area contributed by atoms with Gasteiger partial charge in [-0.3, -0.25) is 4.79 Å². The van der Waals surface area contributed by atoms with Crippen LogP contribution in [0, 0.1) is 11.6 Å². The van der Waals surface area contributed by atoms with Crippen LogP contribution in [0.1, 0.15) is 16.8 Å². The van der Waals surface area contributed by atoms with E-state index in [9.17, 15) is 13.6 Å². The zero-order chi connectivity index (χ0) is 16.4. The molecular formula is C15H12ClF2N3O2. The number of aromatic nitrogens is 2. The Balaban J connectivity index is 1.67. The van der Waals surface area contributed by atoms with Gasteiger partial charge in [-0.1, -0.05) is 17.7 Å². The fourth-order valence-electron chi connectivity index (χ4n) is 2.38. The van der Waals surface area contributed by atoms with Crippen molar-refractivity contribution >= 4 is 17.5 Å². The zero-order valence-corrected chi connectivity index (χ0v) is 12.6. The summed E-state index contributed by atoms with van der Waals surface area (Å²) in [4.78, 5) is 21.3. The molecule has 2 heterocycles. The summed E-state index contributed by atoms with van der Waals surface area (Å²) < 4.78 is 32.1. The predicted octanol–water partition coefficient (Wildman–Crippen LogP) is 2.70. The van der Waals surface area contributed by atoms with Crippen LogP contribution >= 0.6 is 11.6 Å². The lowest BCUT2D eigenvalue weighted by molar-refractivity contribution is 0.0765. The molecule has 1 amide bonds. The molecule has 0 N–H and O–H groups in total. The lowest BCUT2D eigenvalue weighted by Crippen LogP contribution is -2.32. The fraction of sp³-hybridized carbons (Fsp3) is 0.267. The Labute approximate surface area is 135 Å². The topological polar surface area (TPSA) is 55.3 Å². The molecule has 0 saturated carbocycles. The van der Waals surface area contributed by atoms with Crippen LogP contribution < -0.4 is 4.74 Å². The van der Waals surface area contributed by atoms with Gasteiger partial charge in [-0.05, 0) is 12.1 Å². The first kappa shape index (κ1) is 15.6. The lowest BCUT2D eigenvalue weighted by Gasteiger charge is -2.17. The Bertz CT molecular complexity index is 707. The maximum Gasteiger partial charge on any atom is 0.316 e. The molecule has 1 aromatic heterocycles. The van der Waals surface area contributed by atoms with E-state index in [1.54, 1.807) is 0 Å². The molecule has 0 radical (unpaired) electrons. The second kappa shape index (κ2) is 6.45. The molecule has 1 atom stereocenters. The summed E-state index contributed by atoms with van der Waals surface area (Å²) in [6.07, 6.45) is 2.20. The summed E-state index contributed by atoms with van der Waals surface area (Å²) in [6.45, 7) is 0.652. The van der Waals surface area contributed by atoms with E-state index in [2.05, 4.69) is 9.97 Å². The quantitative estimate of drug-likeness (QED) is 0.862. The molecule has 1 aliphatic heterocycles. The molecule has 120 valence electrons. The van der Waals surface area contributed by atoms with Crippen molar-refractivity contribution < 1.29 is 18.3 Å². The molecule has 1 aliphatic rings. The summed E-state index contributed by atoms with van der Waals surface area (Å²) >= 11 is 5.91. The van der Waals surface area contributed by atoms with Crippen molar-refractivity contribution in [3.8, 4) is 6.01 Å². The number of nitrogens with zero attached hydrogens (tertiary/aromatic N) is 3. The Morgan fingerprint density at radius 2 is 2.04 bits per heavy atom. The van der Waals surface area contributed by atoms with Gasteiger partial charge in [0.2, 0.25) is 0 Å². The summed E-state index contributed by atoms with van der Waals surface area (Å²) in [7, 11) is 0. The van der Waals surface area contributed by atoms with Crippen LogP contribution in [0.15, 0.2) is 30.6 Å². The second-order valence-corrected chi connectivity index (χ2v) is 5.47. The Kier molecular flexibility index (Phi) is 4.38. The van der Waals surface area contributed by atoms with Gasteiger partial charge in [-0.15, -0.1) is 0 Å². The van der Waals surface area contributed by atoms with Crippen molar-refractivity contribution in [2.75, 3.05) is 13.1 Å². The summed E-state index contributed by atoms with van der Waals surface area (Å²) in [5, 5.41) is 0.0706. The number of amides is 1. The summed E-state index contributed by atoms with van der Waals surface area (Å²) in [6, 6.07) is 4.13. The molecule has 1 fully saturated rings. The van der Waals surface area contributed by atoms with E-state index in [1.807, 2.05) is 0 Å². The van der Waals surface area contributed by atoms with E-state index in [0.29, 0.717) is 13.0 Å². The first-order valence-electron chi connectivity index (χ1n) is 6.92. The van der Waals surface area contributed by atoms with Crippen LogP contribution in [0.25, 0.3) is 0 Å². The van der Waals surface area contributed by atoms with Gasteiger partial charge in [-0.25, -0.2) is 18.7 Å². The number of ether oxygens (including phenoxy) is 1. The SMILES string of the molecule is O=C(c1c(F)cccc1Cl)N1CC[C@H](Oc2ncc(F)cn2)C1. The van der Waals surface area contributed by atoms with Crippen molar-refractivity contribution in [1.82, 2.24) is 14.9 Å². The monoisotopic (exact) mass is 339 g/mol. The van der Waals surface area contributed by atoms with Crippen molar-refractivity contribution in [3.63, 3.8) is 0 Å². The second-order valence-electron chi connectivity index (χ2n) is 5.06. The highest BCUT2D eigenvalue weighted by Gasteiger charge is 2.31. The molecule has 0 spiro atoms. The lowest BCUT2D eigenvalue weighted by atomic mass is 10.2. The first-order chi connectivity index (χ1) is 11.0. The maximum absolute atomic E-state index is 13.8. The predicted molar refractivity (Wildman–Crippen MR) is 78.3 cm³/mol. The molecule has 1 saturated heterocycles. The largest absolute Gasteiger partial charge is 0.458 e. The van der Waals surface area contributed by atoms with Gasteiger partial charge in [0.15, 0.2) is 5.82 Å². The van der Waals surface area contributed by atoms with E-state index in [1.165, 1.54) is 23.1 Å². The Morgan fingerprint density at radius 3 is 2.74 bits per heavy atom. The fourth-order valence-corrected chi connectivity index (χ4v) is 2.62. The number of carbonyl (C=O) groups excluding carboxylic acids is 1. The van der Waals surface area contributed by atoms with E-state index in [0.717, 1.165) is 12.4 Å². The number of carbonyl (C=O) groups is 1. The van der Waals surface area contributed by atoms with Gasteiger partial charge in [0.1, 0.15) is 11.9 Å². The molecule has 0 bridgehead atoms.